The Hall–Kier alpha value is -1.98. The largest absolute Gasteiger partial charge is 0.348 e. The van der Waals surface area contributed by atoms with Crippen molar-refractivity contribution >= 4 is 11.8 Å². The van der Waals surface area contributed by atoms with Gasteiger partial charge in [0.25, 0.3) is 0 Å². The van der Waals surface area contributed by atoms with Gasteiger partial charge in [-0.3, -0.25) is 9.59 Å². The van der Waals surface area contributed by atoms with Crippen molar-refractivity contribution in [3.8, 4) is 0 Å². The maximum Gasteiger partial charge on any atom is 0.240 e. The summed E-state index contributed by atoms with van der Waals surface area (Å²) in [6, 6.07) is 3.21. The molecule has 126 valence electrons. The fourth-order valence-corrected chi connectivity index (χ4v) is 2.78. The molecule has 2 rings (SSSR count). The molecule has 0 spiro atoms. The lowest BCUT2D eigenvalue weighted by atomic mass is 10.1. The summed E-state index contributed by atoms with van der Waals surface area (Å²) in [6.07, 6.45) is 4.29. The Morgan fingerprint density at radius 1 is 1.26 bits per heavy atom. The van der Waals surface area contributed by atoms with Crippen LogP contribution in [0.15, 0.2) is 18.2 Å². The highest BCUT2D eigenvalue weighted by molar-refractivity contribution is 5.85. The summed E-state index contributed by atoms with van der Waals surface area (Å²) in [6.45, 7) is 2.11. The summed E-state index contributed by atoms with van der Waals surface area (Å²) in [5.41, 5.74) is 0.0948. The highest BCUT2D eigenvalue weighted by Crippen LogP contribution is 2.19. The van der Waals surface area contributed by atoms with Crippen molar-refractivity contribution in [3.05, 3.63) is 35.4 Å². The third-order valence-corrected chi connectivity index (χ3v) is 4.08. The van der Waals surface area contributed by atoms with Crippen molar-refractivity contribution in [1.82, 2.24) is 10.2 Å². The van der Waals surface area contributed by atoms with Gasteiger partial charge >= 0.3 is 0 Å². The number of amides is 2. The molecule has 1 atom stereocenters. The van der Waals surface area contributed by atoms with Gasteiger partial charge in [-0.25, -0.2) is 8.78 Å². The Morgan fingerprint density at radius 2 is 2.00 bits per heavy atom. The second-order valence-electron chi connectivity index (χ2n) is 5.91. The molecular weight excluding hydrogens is 302 g/mol. The first-order valence-corrected chi connectivity index (χ1v) is 8.00. The van der Waals surface area contributed by atoms with E-state index in [0.29, 0.717) is 13.0 Å². The van der Waals surface area contributed by atoms with Gasteiger partial charge < -0.3 is 10.2 Å². The predicted octanol–water partition coefficient (Wildman–Crippen LogP) is 2.93. The Kier molecular flexibility index (Phi) is 6.07. The molecule has 4 nitrogen and oxygen atoms in total. The van der Waals surface area contributed by atoms with Gasteiger partial charge in [0.05, 0.1) is 12.6 Å². The molecule has 0 saturated carbocycles. The molecule has 1 heterocycles. The van der Waals surface area contributed by atoms with Crippen LogP contribution in [0, 0.1) is 11.6 Å². The molecule has 1 aromatic carbocycles. The van der Waals surface area contributed by atoms with Gasteiger partial charge in [0.15, 0.2) is 11.6 Å². The summed E-state index contributed by atoms with van der Waals surface area (Å²) in [5.74, 6) is -2.29. The molecular formula is C17H22F2N2O2. The summed E-state index contributed by atoms with van der Waals surface area (Å²) >= 11 is 0. The van der Waals surface area contributed by atoms with Crippen LogP contribution in [0.4, 0.5) is 8.78 Å². The molecule has 1 saturated heterocycles. The highest BCUT2D eigenvalue weighted by Gasteiger charge is 2.21. The molecule has 1 aromatic rings. The van der Waals surface area contributed by atoms with E-state index in [1.165, 1.54) is 12.1 Å². The van der Waals surface area contributed by atoms with Crippen molar-refractivity contribution < 1.29 is 18.4 Å². The molecule has 1 aliphatic heterocycles. The quantitative estimate of drug-likeness (QED) is 0.926. The molecule has 1 unspecified atom stereocenters. The van der Waals surface area contributed by atoms with Crippen LogP contribution in [0.2, 0.25) is 0 Å². The van der Waals surface area contributed by atoms with Crippen LogP contribution >= 0.6 is 0 Å². The van der Waals surface area contributed by atoms with Crippen LogP contribution in [0.3, 0.4) is 0 Å². The molecule has 0 aromatic heterocycles. The van der Waals surface area contributed by atoms with E-state index in [1.807, 2.05) is 0 Å². The SMILES string of the molecule is CC(NC(=O)CN1CCCCCCC1=O)c1cccc(F)c1F. The van der Waals surface area contributed by atoms with Gasteiger partial charge in [0, 0.05) is 18.5 Å². The van der Waals surface area contributed by atoms with Crippen molar-refractivity contribution in [1.29, 1.82) is 0 Å². The normalized spacial score (nSPS) is 17.3. The fraction of sp³-hybridized carbons (Fsp3) is 0.529. The van der Waals surface area contributed by atoms with Gasteiger partial charge in [-0.15, -0.1) is 0 Å². The third kappa shape index (κ3) is 4.74. The van der Waals surface area contributed by atoms with Crippen LogP contribution in [0.25, 0.3) is 0 Å². The van der Waals surface area contributed by atoms with E-state index in [9.17, 15) is 18.4 Å². The Bertz CT molecular complexity index is 578. The monoisotopic (exact) mass is 324 g/mol. The third-order valence-electron chi connectivity index (χ3n) is 4.08. The number of hydrogen-bond acceptors (Lipinski definition) is 2. The number of benzene rings is 1. The number of likely N-dealkylation sites (tertiary alicyclic amines) is 1. The standard InChI is InChI=1S/C17H22F2N2O2/c1-12(13-7-6-8-14(18)17(13)19)20-15(22)11-21-10-5-3-2-4-9-16(21)23/h6-8,12H,2-5,9-11H2,1H3,(H,20,22). The second-order valence-corrected chi connectivity index (χ2v) is 5.91. The minimum atomic E-state index is -0.956. The minimum absolute atomic E-state index is 0.0237. The van der Waals surface area contributed by atoms with E-state index < -0.39 is 17.7 Å². The number of rotatable bonds is 4. The van der Waals surface area contributed by atoms with Crippen LogP contribution in [0.5, 0.6) is 0 Å². The van der Waals surface area contributed by atoms with E-state index in [-0.39, 0.29) is 23.9 Å². The summed E-state index contributed by atoms with van der Waals surface area (Å²) in [4.78, 5) is 25.7. The highest BCUT2D eigenvalue weighted by atomic mass is 19.2. The molecule has 0 bridgehead atoms. The van der Waals surface area contributed by atoms with Crippen LogP contribution in [0.1, 0.15) is 50.6 Å². The second kappa shape index (κ2) is 8.04. The average Bonchev–Trinajstić information content (AvgIpc) is 2.49. The lowest BCUT2D eigenvalue weighted by Crippen LogP contribution is -2.42. The fourth-order valence-electron chi connectivity index (χ4n) is 2.78. The van der Waals surface area contributed by atoms with Gasteiger partial charge in [0.2, 0.25) is 11.8 Å². The minimum Gasteiger partial charge on any atom is -0.348 e. The lowest BCUT2D eigenvalue weighted by Gasteiger charge is -2.25. The molecule has 1 fully saturated rings. The molecule has 6 heteroatoms. The van der Waals surface area contributed by atoms with Gasteiger partial charge in [-0.05, 0) is 25.8 Å². The van der Waals surface area contributed by atoms with E-state index in [1.54, 1.807) is 11.8 Å². The molecule has 2 amide bonds. The molecule has 1 N–H and O–H groups in total. The topological polar surface area (TPSA) is 49.4 Å². The number of hydrogen-bond donors (Lipinski definition) is 1. The van der Waals surface area contributed by atoms with Crippen molar-refractivity contribution in [2.75, 3.05) is 13.1 Å². The summed E-state index contributed by atoms with van der Waals surface area (Å²) < 4.78 is 27.0. The zero-order valence-electron chi connectivity index (χ0n) is 13.3. The first-order valence-electron chi connectivity index (χ1n) is 8.00. The van der Waals surface area contributed by atoms with E-state index in [0.717, 1.165) is 31.7 Å². The van der Waals surface area contributed by atoms with Gasteiger partial charge in [0.1, 0.15) is 0 Å². The Labute approximate surface area is 134 Å². The van der Waals surface area contributed by atoms with Crippen molar-refractivity contribution in [3.63, 3.8) is 0 Å². The van der Waals surface area contributed by atoms with E-state index in [2.05, 4.69) is 5.32 Å². The number of halogens is 2. The molecule has 1 aliphatic rings. The van der Waals surface area contributed by atoms with Crippen molar-refractivity contribution in [2.24, 2.45) is 0 Å². The molecule has 0 radical (unpaired) electrons. The Balaban J connectivity index is 1.95. The first-order chi connectivity index (χ1) is 11.0. The zero-order valence-corrected chi connectivity index (χ0v) is 13.3. The smallest absolute Gasteiger partial charge is 0.240 e. The Morgan fingerprint density at radius 3 is 2.78 bits per heavy atom. The van der Waals surface area contributed by atoms with Crippen LogP contribution < -0.4 is 5.32 Å². The van der Waals surface area contributed by atoms with Crippen LogP contribution in [-0.2, 0) is 9.59 Å². The molecule has 0 aliphatic carbocycles. The zero-order chi connectivity index (χ0) is 16.8. The predicted molar refractivity (Wildman–Crippen MR) is 82.6 cm³/mol. The van der Waals surface area contributed by atoms with Gasteiger partial charge in [-0.1, -0.05) is 25.0 Å². The van der Waals surface area contributed by atoms with E-state index >= 15 is 0 Å². The van der Waals surface area contributed by atoms with Gasteiger partial charge in [-0.2, -0.15) is 0 Å². The van der Waals surface area contributed by atoms with Crippen molar-refractivity contribution in [2.45, 2.75) is 45.1 Å². The average molecular weight is 324 g/mol. The number of nitrogens with zero attached hydrogens (tertiary/aromatic N) is 1. The van der Waals surface area contributed by atoms with Crippen LogP contribution in [-0.4, -0.2) is 29.8 Å². The van der Waals surface area contributed by atoms with E-state index in [4.69, 9.17) is 0 Å². The summed E-state index contributed by atoms with van der Waals surface area (Å²) in [5, 5.41) is 2.63. The number of nitrogens with one attached hydrogen (secondary N) is 1. The summed E-state index contributed by atoms with van der Waals surface area (Å²) in [7, 11) is 0. The lowest BCUT2D eigenvalue weighted by molar-refractivity contribution is -0.136. The number of carbonyl (C=O) groups excluding carboxylic acids is 2. The first kappa shape index (κ1) is 17.4. The maximum atomic E-state index is 13.7. The number of carbonyl (C=O) groups is 2. The molecule has 23 heavy (non-hydrogen) atoms. The maximum absolute atomic E-state index is 13.7.